The zero-order valence-electron chi connectivity index (χ0n) is 23.1. The van der Waals surface area contributed by atoms with E-state index in [-0.39, 0.29) is 6.61 Å². The van der Waals surface area contributed by atoms with Crippen LogP contribution in [0.2, 0.25) is 0 Å². The van der Waals surface area contributed by atoms with Crippen LogP contribution in [0.1, 0.15) is 28.5 Å². The largest absolute Gasteiger partial charge is 0.497 e. The van der Waals surface area contributed by atoms with Gasteiger partial charge in [-0.05, 0) is 42.8 Å². The molecule has 4 aromatic rings. The maximum atomic E-state index is 12.7. The van der Waals surface area contributed by atoms with E-state index in [1.54, 1.807) is 21.1 Å². The predicted molar refractivity (Wildman–Crippen MR) is 154 cm³/mol. The summed E-state index contributed by atoms with van der Waals surface area (Å²) >= 11 is 0. The Hall–Kier alpha value is -4.49. The molecule has 1 aromatic heterocycles. The first-order valence-corrected chi connectivity index (χ1v) is 13.4. The molecule has 0 radical (unpaired) electrons. The fraction of sp³-hybridized carbons (Fsp3) is 0.281. The van der Waals surface area contributed by atoms with Gasteiger partial charge in [0, 0.05) is 11.8 Å². The van der Waals surface area contributed by atoms with Crippen LogP contribution in [0.25, 0.3) is 0 Å². The lowest BCUT2D eigenvalue weighted by molar-refractivity contribution is -0.0829. The van der Waals surface area contributed by atoms with Gasteiger partial charge in [-0.1, -0.05) is 72.8 Å². The number of rotatable bonds is 9. The van der Waals surface area contributed by atoms with Gasteiger partial charge in [0.25, 0.3) is 5.56 Å². The van der Waals surface area contributed by atoms with Crippen molar-refractivity contribution in [1.82, 2.24) is 14.9 Å². The van der Waals surface area contributed by atoms with E-state index in [9.17, 15) is 14.9 Å². The lowest BCUT2D eigenvalue weighted by Crippen LogP contribution is -2.42. The first-order chi connectivity index (χ1) is 19.9. The number of ether oxygens (including phenoxy) is 3. The molecule has 2 N–H and O–H groups in total. The molecule has 1 aliphatic heterocycles. The van der Waals surface area contributed by atoms with E-state index in [1.807, 2.05) is 84.9 Å². The van der Waals surface area contributed by atoms with Gasteiger partial charge in [0.05, 0.1) is 31.7 Å². The Bertz CT molecular complexity index is 1590. The number of methoxy groups -OCH3 is 1. The second-order valence-electron chi connectivity index (χ2n) is 9.97. The SMILES string of the molecule is CN[C@@H]1[C@H](C#N)[C@@H](COC(c2ccccc2)(c2ccccc2)c2ccc(OC)cc2)O[C@H]1n1cc(C)c(=O)[nH]c1=O. The molecule has 41 heavy (non-hydrogen) atoms. The molecule has 4 atom stereocenters. The standard InChI is InChI=1S/C32H32N4O5/c1-21-19-36(31(38)35-29(21)37)30-28(34-2)26(18-33)27(41-30)20-40-32(22-10-6-4-7-11-22,23-12-8-5-9-13-23)24-14-16-25(39-3)17-15-24/h4-17,19,26-28,30,34H,20H2,1-3H3,(H,35,37,38)/t26-,27-,28-,30-/m1/s1. The summed E-state index contributed by atoms with van der Waals surface area (Å²) in [6.07, 6.45) is -0.0551. The molecule has 0 spiro atoms. The first-order valence-electron chi connectivity index (χ1n) is 13.4. The molecular formula is C32H32N4O5. The summed E-state index contributed by atoms with van der Waals surface area (Å²) in [6, 6.07) is 29.3. The van der Waals surface area contributed by atoms with Crippen molar-refractivity contribution in [3.63, 3.8) is 0 Å². The lowest BCUT2D eigenvalue weighted by atomic mass is 9.80. The molecule has 0 saturated carbocycles. The lowest BCUT2D eigenvalue weighted by Gasteiger charge is -2.37. The molecular weight excluding hydrogens is 520 g/mol. The van der Waals surface area contributed by atoms with Crippen molar-refractivity contribution in [2.24, 2.45) is 5.92 Å². The minimum absolute atomic E-state index is 0.0415. The summed E-state index contributed by atoms with van der Waals surface area (Å²) in [6.45, 7) is 1.66. The van der Waals surface area contributed by atoms with Gasteiger partial charge in [-0.3, -0.25) is 14.3 Å². The number of likely N-dealkylation sites (N-methyl/N-ethyl adjacent to an activating group) is 1. The van der Waals surface area contributed by atoms with Gasteiger partial charge < -0.3 is 19.5 Å². The van der Waals surface area contributed by atoms with Gasteiger partial charge in [-0.15, -0.1) is 0 Å². The number of hydrogen-bond donors (Lipinski definition) is 2. The van der Waals surface area contributed by atoms with Gasteiger partial charge >= 0.3 is 5.69 Å². The van der Waals surface area contributed by atoms with E-state index in [2.05, 4.69) is 16.4 Å². The molecule has 2 heterocycles. The molecule has 9 nitrogen and oxygen atoms in total. The summed E-state index contributed by atoms with van der Waals surface area (Å²) < 4.78 is 20.1. The number of nitriles is 1. The highest BCUT2D eigenvalue weighted by Gasteiger charge is 2.47. The molecule has 210 valence electrons. The van der Waals surface area contributed by atoms with E-state index in [0.29, 0.717) is 11.3 Å². The molecule has 0 unspecified atom stereocenters. The van der Waals surface area contributed by atoms with Crippen LogP contribution in [0.3, 0.4) is 0 Å². The van der Waals surface area contributed by atoms with Crippen molar-refractivity contribution in [2.45, 2.75) is 30.9 Å². The third kappa shape index (κ3) is 5.21. The highest BCUT2D eigenvalue weighted by Crippen LogP contribution is 2.42. The van der Waals surface area contributed by atoms with Crippen LogP contribution < -0.4 is 21.3 Å². The maximum absolute atomic E-state index is 12.7. The zero-order chi connectivity index (χ0) is 29.0. The Kier molecular flexibility index (Phi) is 8.17. The number of aryl methyl sites for hydroxylation is 1. The molecule has 1 saturated heterocycles. The van der Waals surface area contributed by atoms with Gasteiger partial charge in [-0.2, -0.15) is 5.26 Å². The van der Waals surface area contributed by atoms with Gasteiger partial charge in [0.15, 0.2) is 6.23 Å². The minimum atomic E-state index is -1.04. The average Bonchev–Trinajstić information content (AvgIpc) is 3.38. The van der Waals surface area contributed by atoms with Crippen LogP contribution in [-0.2, 0) is 15.1 Å². The Labute approximate surface area is 238 Å². The summed E-state index contributed by atoms with van der Waals surface area (Å²) in [5, 5.41) is 13.4. The fourth-order valence-corrected chi connectivity index (χ4v) is 5.53. The maximum Gasteiger partial charge on any atom is 0.330 e. The van der Waals surface area contributed by atoms with Crippen LogP contribution in [0.15, 0.2) is 101 Å². The zero-order valence-corrected chi connectivity index (χ0v) is 23.1. The van der Waals surface area contributed by atoms with Gasteiger partial charge in [-0.25, -0.2) is 4.79 Å². The Morgan fingerprint density at radius 1 is 0.976 bits per heavy atom. The monoisotopic (exact) mass is 552 g/mol. The van der Waals surface area contributed by atoms with Crippen molar-refractivity contribution in [3.05, 3.63) is 134 Å². The van der Waals surface area contributed by atoms with E-state index >= 15 is 0 Å². The number of nitrogens with zero attached hydrogens (tertiary/aromatic N) is 2. The fourth-order valence-electron chi connectivity index (χ4n) is 5.53. The molecule has 9 heteroatoms. The van der Waals surface area contributed by atoms with Crippen LogP contribution >= 0.6 is 0 Å². The number of hydrogen-bond acceptors (Lipinski definition) is 7. The summed E-state index contributed by atoms with van der Waals surface area (Å²) in [5.41, 5.74) is 0.923. The second-order valence-corrected chi connectivity index (χ2v) is 9.97. The summed E-state index contributed by atoms with van der Waals surface area (Å²) in [4.78, 5) is 27.1. The first kappa shape index (κ1) is 28.1. The van der Waals surface area contributed by atoms with Gasteiger partial charge in [0.2, 0.25) is 0 Å². The van der Waals surface area contributed by atoms with Crippen molar-refractivity contribution in [3.8, 4) is 11.8 Å². The Balaban J connectivity index is 1.58. The van der Waals surface area contributed by atoms with Crippen molar-refractivity contribution in [1.29, 1.82) is 5.26 Å². The molecule has 1 fully saturated rings. The minimum Gasteiger partial charge on any atom is -0.497 e. The highest BCUT2D eigenvalue weighted by molar-refractivity contribution is 5.48. The van der Waals surface area contributed by atoms with Crippen molar-refractivity contribution >= 4 is 0 Å². The average molecular weight is 553 g/mol. The number of H-pyrrole nitrogens is 1. The van der Waals surface area contributed by atoms with Crippen LogP contribution in [0.4, 0.5) is 0 Å². The second kappa shape index (κ2) is 11.9. The van der Waals surface area contributed by atoms with E-state index in [1.165, 1.54) is 10.8 Å². The van der Waals surface area contributed by atoms with E-state index in [4.69, 9.17) is 14.2 Å². The molecule has 3 aromatic carbocycles. The Morgan fingerprint density at radius 3 is 2.10 bits per heavy atom. The molecule has 5 rings (SSSR count). The van der Waals surface area contributed by atoms with Crippen molar-refractivity contribution in [2.75, 3.05) is 20.8 Å². The Morgan fingerprint density at radius 2 is 1.56 bits per heavy atom. The van der Waals surface area contributed by atoms with Gasteiger partial charge in [0.1, 0.15) is 17.5 Å². The van der Waals surface area contributed by atoms with E-state index in [0.717, 1.165) is 16.7 Å². The molecule has 0 bridgehead atoms. The summed E-state index contributed by atoms with van der Waals surface area (Å²) in [5.74, 6) is 0.0676. The number of nitrogens with one attached hydrogen (secondary N) is 2. The number of benzene rings is 3. The normalized spacial score (nSPS) is 20.4. The van der Waals surface area contributed by atoms with Crippen LogP contribution in [-0.4, -0.2) is 42.5 Å². The molecule has 1 aliphatic rings. The number of aromatic nitrogens is 2. The summed E-state index contributed by atoms with van der Waals surface area (Å²) in [7, 11) is 3.34. The van der Waals surface area contributed by atoms with Crippen LogP contribution in [0, 0.1) is 24.2 Å². The van der Waals surface area contributed by atoms with Crippen LogP contribution in [0.5, 0.6) is 5.75 Å². The smallest absolute Gasteiger partial charge is 0.330 e. The number of aromatic amines is 1. The highest BCUT2D eigenvalue weighted by atomic mass is 16.6. The van der Waals surface area contributed by atoms with Crippen molar-refractivity contribution < 1.29 is 14.2 Å². The molecule has 0 aliphatic carbocycles. The quantitative estimate of drug-likeness (QED) is 0.305. The molecule has 0 amide bonds. The third-order valence-electron chi connectivity index (χ3n) is 7.63. The third-order valence-corrected chi connectivity index (χ3v) is 7.63. The topological polar surface area (TPSA) is 118 Å². The predicted octanol–water partition coefficient (Wildman–Crippen LogP) is 3.49. The van der Waals surface area contributed by atoms with E-state index < -0.39 is 41.1 Å².